The molecule has 1 rings (SSSR count). The Balaban J connectivity index is 2.85. The maximum absolute atomic E-state index is 13.6. The summed E-state index contributed by atoms with van der Waals surface area (Å²) in [6.07, 6.45) is 2.37. The van der Waals surface area contributed by atoms with E-state index < -0.39 is 17.8 Å². The van der Waals surface area contributed by atoms with E-state index in [2.05, 4.69) is 5.32 Å². The lowest BCUT2D eigenvalue weighted by molar-refractivity contribution is -0.141. The first-order chi connectivity index (χ1) is 8.60. The predicted octanol–water partition coefficient (Wildman–Crippen LogP) is 3.62. The van der Waals surface area contributed by atoms with Gasteiger partial charge in [0.25, 0.3) is 0 Å². The first-order valence-electron chi connectivity index (χ1n) is 5.88. The highest BCUT2D eigenvalue weighted by atomic mass is 35.5. The average Bonchev–Trinajstić information content (AvgIpc) is 2.36. The smallest absolute Gasteiger partial charge is 0.328 e. The Kier molecular flexibility index (Phi) is 5.92. The van der Waals surface area contributed by atoms with Crippen molar-refractivity contribution in [2.45, 2.75) is 32.2 Å². The summed E-state index contributed by atoms with van der Waals surface area (Å²) >= 11 is 5.90. The number of benzene rings is 1. The fourth-order valence-corrected chi connectivity index (χ4v) is 1.83. The number of ether oxygens (including phenoxy) is 1. The molecule has 0 aromatic heterocycles. The minimum atomic E-state index is -0.579. The molecule has 18 heavy (non-hydrogen) atoms. The highest BCUT2D eigenvalue weighted by molar-refractivity contribution is 6.33. The molecule has 1 N–H and O–H groups in total. The zero-order valence-corrected chi connectivity index (χ0v) is 11.3. The number of halogens is 2. The maximum Gasteiger partial charge on any atom is 0.328 e. The van der Waals surface area contributed by atoms with Crippen LogP contribution in [-0.4, -0.2) is 19.1 Å². The summed E-state index contributed by atoms with van der Waals surface area (Å²) in [6.45, 7) is 2.02. The van der Waals surface area contributed by atoms with Gasteiger partial charge in [-0.1, -0.05) is 37.4 Å². The zero-order valence-electron chi connectivity index (χ0n) is 10.5. The van der Waals surface area contributed by atoms with Crippen LogP contribution in [-0.2, 0) is 9.53 Å². The van der Waals surface area contributed by atoms with Crippen molar-refractivity contribution in [2.75, 3.05) is 12.4 Å². The quantitative estimate of drug-likeness (QED) is 0.805. The molecule has 1 atom stereocenters. The number of methoxy groups -OCH3 is 1. The van der Waals surface area contributed by atoms with Gasteiger partial charge in [0.2, 0.25) is 0 Å². The van der Waals surface area contributed by atoms with E-state index >= 15 is 0 Å². The summed E-state index contributed by atoms with van der Waals surface area (Å²) in [5.41, 5.74) is 0.144. The Bertz CT molecular complexity index is 392. The lowest BCUT2D eigenvalue weighted by Gasteiger charge is -2.18. The molecule has 1 aromatic rings. The Hall–Kier alpha value is -1.29. The molecule has 3 nitrogen and oxygen atoms in total. The second kappa shape index (κ2) is 7.21. The minimum Gasteiger partial charge on any atom is -0.467 e. The van der Waals surface area contributed by atoms with Gasteiger partial charge in [-0.25, -0.2) is 9.18 Å². The van der Waals surface area contributed by atoms with Crippen LogP contribution >= 0.6 is 11.6 Å². The summed E-state index contributed by atoms with van der Waals surface area (Å²) in [4.78, 5) is 11.6. The van der Waals surface area contributed by atoms with E-state index in [9.17, 15) is 9.18 Å². The number of para-hydroxylation sites is 1. The molecule has 0 spiro atoms. The summed E-state index contributed by atoms with van der Waals surface area (Å²) in [5.74, 6) is -0.893. The van der Waals surface area contributed by atoms with Crippen molar-refractivity contribution >= 4 is 23.3 Å². The third-order valence-electron chi connectivity index (χ3n) is 2.61. The van der Waals surface area contributed by atoms with Crippen LogP contribution in [0.1, 0.15) is 26.2 Å². The Morgan fingerprint density at radius 3 is 2.83 bits per heavy atom. The van der Waals surface area contributed by atoms with E-state index in [0.717, 1.165) is 12.8 Å². The summed E-state index contributed by atoms with van der Waals surface area (Å²) < 4.78 is 18.3. The van der Waals surface area contributed by atoms with Gasteiger partial charge in [-0.15, -0.1) is 0 Å². The fourth-order valence-electron chi connectivity index (χ4n) is 1.61. The van der Waals surface area contributed by atoms with Gasteiger partial charge < -0.3 is 10.1 Å². The van der Waals surface area contributed by atoms with Crippen LogP contribution in [0.4, 0.5) is 10.1 Å². The van der Waals surface area contributed by atoms with Crippen LogP contribution in [0.3, 0.4) is 0 Å². The summed E-state index contributed by atoms with van der Waals surface area (Å²) in [6, 6.07) is 3.80. The molecular formula is C13H17ClFNO2. The lowest BCUT2D eigenvalue weighted by Crippen LogP contribution is -2.31. The number of nitrogens with one attached hydrogen (secondary N) is 1. The van der Waals surface area contributed by atoms with E-state index in [-0.39, 0.29) is 10.7 Å². The van der Waals surface area contributed by atoms with Crippen LogP contribution in [0, 0.1) is 5.82 Å². The molecule has 0 amide bonds. The van der Waals surface area contributed by atoms with E-state index in [1.807, 2.05) is 6.92 Å². The first kappa shape index (κ1) is 14.8. The largest absolute Gasteiger partial charge is 0.467 e. The molecule has 0 aliphatic carbocycles. The van der Waals surface area contributed by atoms with Gasteiger partial charge in [0.1, 0.15) is 11.9 Å². The van der Waals surface area contributed by atoms with E-state index in [4.69, 9.17) is 16.3 Å². The number of rotatable bonds is 6. The normalized spacial score (nSPS) is 12.0. The molecule has 5 heteroatoms. The van der Waals surface area contributed by atoms with Crippen LogP contribution in [0.5, 0.6) is 0 Å². The Morgan fingerprint density at radius 2 is 2.28 bits per heavy atom. The number of hydrogen-bond acceptors (Lipinski definition) is 3. The standard InChI is InChI=1S/C13H17ClFNO2/c1-3-4-8-11(13(17)18-2)16-12-9(14)6-5-7-10(12)15/h5-7,11,16H,3-4,8H2,1-2H3. The number of anilines is 1. The molecule has 0 bridgehead atoms. The van der Waals surface area contributed by atoms with Crippen molar-refractivity contribution in [1.82, 2.24) is 0 Å². The van der Waals surface area contributed by atoms with E-state index in [1.165, 1.54) is 19.2 Å². The molecule has 1 unspecified atom stereocenters. The molecule has 0 saturated heterocycles. The Morgan fingerprint density at radius 1 is 1.56 bits per heavy atom. The van der Waals surface area contributed by atoms with Gasteiger partial charge in [0.05, 0.1) is 17.8 Å². The molecule has 0 aliphatic heterocycles. The molecule has 100 valence electrons. The SMILES string of the molecule is CCCCC(Nc1c(F)cccc1Cl)C(=O)OC. The van der Waals surface area contributed by atoms with Crippen LogP contribution in [0.2, 0.25) is 5.02 Å². The van der Waals surface area contributed by atoms with E-state index in [1.54, 1.807) is 6.07 Å². The highest BCUT2D eigenvalue weighted by Gasteiger charge is 2.20. The molecule has 0 saturated carbocycles. The van der Waals surface area contributed by atoms with Gasteiger partial charge in [-0.05, 0) is 18.6 Å². The topological polar surface area (TPSA) is 38.3 Å². The summed E-state index contributed by atoms with van der Waals surface area (Å²) in [5, 5.41) is 3.07. The number of carbonyl (C=O) groups is 1. The number of hydrogen-bond donors (Lipinski definition) is 1. The predicted molar refractivity (Wildman–Crippen MR) is 70.4 cm³/mol. The maximum atomic E-state index is 13.6. The number of unbranched alkanes of at least 4 members (excludes halogenated alkanes) is 1. The first-order valence-corrected chi connectivity index (χ1v) is 6.26. The number of carbonyl (C=O) groups excluding carboxylic acids is 1. The third kappa shape index (κ3) is 3.88. The monoisotopic (exact) mass is 273 g/mol. The second-order valence-electron chi connectivity index (χ2n) is 3.96. The van der Waals surface area contributed by atoms with Gasteiger partial charge >= 0.3 is 5.97 Å². The molecule has 0 aliphatic rings. The summed E-state index contributed by atoms with van der Waals surface area (Å²) in [7, 11) is 1.31. The van der Waals surface area contributed by atoms with Crippen LogP contribution in [0.25, 0.3) is 0 Å². The third-order valence-corrected chi connectivity index (χ3v) is 2.93. The minimum absolute atomic E-state index is 0.144. The van der Waals surface area contributed by atoms with Crippen LogP contribution in [0.15, 0.2) is 18.2 Å². The van der Waals surface area contributed by atoms with Crippen molar-refractivity contribution in [1.29, 1.82) is 0 Å². The van der Waals surface area contributed by atoms with Gasteiger partial charge in [0.15, 0.2) is 0 Å². The van der Waals surface area contributed by atoms with Crippen molar-refractivity contribution in [3.8, 4) is 0 Å². The Labute approximate surface area is 111 Å². The highest BCUT2D eigenvalue weighted by Crippen LogP contribution is 2.26. The second-order valence-corrected chi connectivity index (χ2v) is 4.37. The average molecular weight is 274 g/mol. The zero-order chi connectivity index (χ0) is 13.5. The van der Waals surface area contributed by atoms with E-state index in [0.29, 0.717) is 6.42 Å². The number of esters is 1. The van der Waals surface area contributed by atoms with Crippen LogP contribution < -0.4 is 5.32 Å². The lowest BCUT2D eigenvalue weighted by atomic mass is 10.1. The van der Waals surface area contributed by atoms with Crippen molar-refractivity contribution in [3.05, 3.63) is 29.0 Å². The molecule has 0 radical (unpaired) electrons. The van der Waals surface area contributed by atoms with Gasteiger partial charge in [0, 0.05) is 0 Å². The molecule has 0 heterocycles. The van der Waals surface area contributed by atoms with Crippen molar-refractivity contribution < 1.29 is 13.9 Å². The van der Waals surface area contributed by atoms with Gasteiger partial charge in [-0.2, -0.15) is 0 Å². The molecular weight excluding hydrogens is 257 g/mol. The van der Waals surface area contributed by atoms with Crippen molar-refractivity contribution in [2.24, 2.45) is 0 Å². The fraction of sp³-hybridized carbons (Fsp3) is 0.462. The van der Waals surface area contributed by atoms with Crippen molar-refractivity contribution in [3.63, 3.8) is 0 Å². The van der Waals surface area contributed by atoms with Gasteiger partial charge in [-0.3, -0.25) is 0 Å². The molecule has 1 aromatic carbocycles. The molecule has 0 fully saturated rings.